The third-order valence-electron chi connectivity index (χ3n) is 8.47. The highest BCUT2D eigenvalue weighted by molar-refractivity contribution is 7.77. The Kier molecular flexibility index (Phi) is 6.06. The number of halogens is 1. The molecule has 1 saturated heterocycles. The molecule has 5 fully saturated rings. The van der Waals surface area contributed by atoms with Crippen LogP contribution in [-0.4, -0.2) is 44.2 Å². The zero-order valence-electron chi connectivity index (χ0n) is 18.6. The molecular formula is C24H30FN4O3S-. The summed E-state index contributed by atoms with van der Waals surface area (Å²) < 4.78 is 39.9. The molecule has 1 aliphatic heterocycles. The van der Waals surface area contributed by atoms with Crippen molar-refractivity contribution < 1.29 is 17.9 Å². The lowest BCUT2D eigenvalue weighted by molar-refractivity contribution is -0.133. The maximum atomic E-state index is 13.6. The van der Waals surface area contributed by atoms with Crippen molar-refractivity contribution in [2.75, 3.05) is 13.1 Å². The Morgan fingerprint density at radius 1 is 1.27 bits per heavy atom. The number of carbonyl (C=O) groups is 1. The van der Waals surface area contributed by atoms with Gasteiger partial charge in [0, 0.05) is 29.4 Å². The summed E-state index contributed by atoms with van der Waals surface area (Å²) >= 11 is -2.45. The van der Waals surface area contributed by atoms with Crippen molar-refractivity contribution in [2.24, 2.45) is 17.3 Å². The molecule has 5 unspecified atom stereocenters. The molecule has 1 aromatic carbocycles. The van der Waals surface area contributed by atoms with Crippen molar-refractivity contribution in [2.45, 2.75) is 69.0 Å². The van der Waals surface area contributed by atoms with E-state index in [0.717, 1.165) is 56.9 Å². The summed E-state index contributed by atoms with van der Waals surface area (Å²) in [6.45, 7) is 0.836. The fourth-order valence-electron chi connectivity index (χ4n) is 7.74. The van der Waals surface area contributed by atoms with Gasteiger partial charge in [-0.2, -0.15) is 5.26 Å². The molecule has 4 saturated carbocycles. The van der Waals surface area contributed by atoms with Crippen LogP contribution in [0.25, 0.3) is 0 Å². The zero-order valence-corrected chi connectivity index (χ0v) is 19.4. The van der Waals surface area contributed by atoms with Gasteiger partial charge in [0.15, 0.2) is 0 Å². The zero-order chi connectivity index (χ0) is 23.2. The molecule has 7 nitrogen and oxygen atoms in total. The quantitative estimate of drug-likeness (QED) is 0.592. The molecule has 0 radical (unpaired) electrons. The van der Waals surface area contributed by atoms with E-state index >= 15 is 0 Å². The van der Waals surface area contributed by atoms with E-state index in [1.54, 1.807) is 17.0 Å². The Hall–Kier alpha value is -1.86. The largest absolute Gasteiger partial charge is 0.760 e. The highest BCUT2D eigenvalue weighted by atomic mass is 32.2. The van der Waals surface area contributed by atoms with Crippen LogP contribution in [0.2, 0.25) is 0 Å². The van der Waals surface area contributed by atoms with Crippen LogP contribution < -0.4 is 10.0 Å². The van der Waals surface area contributed by atoms with Crippen LogP contribution in [-0.2, 0) is 16.1 Å². The van der Waals surface area contributed by atoms with Crippen molar-refractivity contribution in [3.05, 3.63) is 35.6 Å². The SMILES string of the molecule is N#CC1CCCN1C(=O)CNC12CC3CC(C1)CC(C(NS(=O)[O-])c1ccc(F)cc1)(C3)C2. The van der Waals surface area contributed by atoms with E-state index in [2.05, 4.69) is 16.1 Å². The molecule has 4 bridgehead atoms. The van der Waals surface area contributed by atoms with Crippen LogP contribution in [0.1, 0.15) is 63.0 Å². The number of nitrogens with zero attached hydrogens (tertiary/aromatic N) is 2. The predicted octanol–water partition coefficient (Wildman–Crippen LogP) is 2.69. The van der Waals surface area contributed by atoms with E-state index in [4.69, 9.17) is 0 Å². The topological polar surface area (TPSA) is 108 Å². The number of rotatable bonds is 7. The molecule has 5 aliphatic rings. The molecule has 2 N–H and O–H groups in total. The Balaban J connectivity index is 1.39. The van der Waals surface area contributed by atoms with Gasteiger partial charge in [0.1, 0.15) is 11.9 Å². The molecule has 1 heterocycles. The van der Waals surface area contributed by atoms with E-state index in [0.29, 0.717) is 18.4 Å². The Labute approximate surface area is 196 Å². The molecule has 0 aromatic heterocycles. The van der Waals surface area contributed by atoms with E-state index in [1.807, 2.05) is 0 Å². The normalized spacial score (nSPS) is 36.5. The number of likely N-dealkylation sites (tertiary alicyclic amines) is 1. The monoisotopic (exact) mass is 473 g/mol. The number of nitriles is 1. The molecule has 5 atom stereocenters. The van der Waals surface area contributed by atoms with E-state index in [-0.39, 0.29) is 35.3 Å². The van der Waals surface area contributed by atoms with Gasteiger partial charge in [0.05, 0.1) is 12.6 Å². The Morgan fingerprint density at radius 2 is 1.97 bits per heavy atom. The van der Waals surface area contributed by atoms with Crippen LogP contribution in [0, 0.1) is 34.4 Å². The second-order valence-corrected chi connectivity index (χ2v) is 11.4. The van der Waals surface area contributed by atoms with Crippen LogP contribution in [0.5, 0.6) is 0 Å². The van der Waals surface area contributed by atoms with Gasteiger partial charge >= 0.3 is 0 Å². The molecule has 9 heteroatoms. The second-order valence-electron chi connectivity index (χ2n) is 10.7. The summed E-state index contributed by atoms with van der Waals surface area (Å²) in [5.41, 5.74) is 0.287. The lowest BCUT2D eigenvalue weighted by Crippen LogP contribution is -2.65. The van der Waals surface area contributed by atoms with Gasteiger partial charge in [0.2, 0.25) is 5.91 Å². The third kappa shape index (κ3) is 4.34. The maximum absolute atomic E-state index is 13.6. The van der Waals surface area contributed by atoms with Gasteiger partial charge in [-0.05, 0) is 86.3 Å². The predicted molar refractivity (Wildman–Crippen MR) is 119 cm³/mol. The van der Waals surface area contributed by atoms with Crippen LogP contribution in [0.3, 0.4) is 0 Å². The molecule has 1 aromatic rings. The number of benzene rings is 1. The molecular weight excluding hydrogens is 443 g/mol. The summed E-state index contributed by atoms with van der Waals surface area (Å²) in [4.78, 5) is 14.6. The maximum Gasteiger partial charge on any atom is 0.237 e. The van der Waals surface area contributed by atoms with Gasteiger partial charge in [0.25, 0.3) is 0 Å². The number of hydrogen-bond donors (Lipinski definition) is 2. The van der Waals surface area contributed by atoms with Gasteiger partial charge in [-0.1, -0.05) is 12.1 Å². The van der Waals surface area contributed by atoms with Crippen molar-refractivity contribution in [1.82, 2.24) is 14.9 Å². The van der Waals surface area contributed by atoms with Crippen LogP contribution in [0.4, 0.5) is 4.39 Å². The molecule has 0 spiro atoms. The van der Waals surface area contributed by atoms with Crippen LogP contribution in [0.15, 0.2) is 24.3 Å². The van der Waals surface area contributed by atoms with E-state index in [9.17, 15) is 23.2 Å². The first-order valence-electron chi connectivity index (χ1n) is 11.9. The third-order valence-corrected chi connectivity index (χ3v) is 8.90. The van der Waals surface area contributed by atoms with Gasteiger partial charge < -0.3 is 14.8 Å². The minimum Gasteiger partial charge on any atom is -0.760 e. The first kappa shape index (κ1) is 22.9. The van der Waals surface area contributed by atoms with Crippen molar-refractivity contribution >= 4 is 17.2 Å². The average Bonchev–Trinajstić information content (AvgIpc) is 3.25. The lowest BCUT2D eigenvalue weighted by Gasteiger charge is -2.64. The summed E-state index contributed by atoms with van der Waals surface area (Å²) in [7, 11) is 0. The summed E-state index contributed by atoms with van der Waals surface area (Å²) in [6.07, 6.45) is 7.32. The fraction of sp³-hybridized carbons (Fsp3) is 0.667. The molecule has 33 heavy (non-hydrogen) atoms. The molecule has 4 aliphatic carbocycles. The number of carbonyl (C=O) groups excluding carboxylic acids is 1. The molecule has 1 amide bonds. The first-order valence-corrected chi connectivity index (χ1v) is 12.9. The van der Waals surface area contributed by atoms with E-state index < -0.39 is 17.3 Å². The lowest BCUT2D eigenvalue weighted by atomic mass is 9.44. The minimum atomic E-state index is -2.45. The van der Waals surface area contributed by atoms with Gasteiger partial charge in [-0.15, -0.1) is 0 Å². The Bertz CT molecular complexity index is 967. The summed E-state index contributed by atoms with van der Waals surface area (Å²) in [5.74, 6) is 0.563. The number of amides is 1. The smallest absolute Gasteiger partial charge is 0.237 e. The highest BCUT2D eigenvalue weighted by Crippen LogP contribution is 2.65. The van der Waals surface area contributed by atoms with Crippen molar-refractivity contribution in [3.63, 3.8) is 0 Å². The van der Waals surface area contributed by atoms with Crippen LogP contribution >= 0.6 is 0 Å². The summed E-state index contributed by atoms with van der Waals surface area (Å²) in [5, 5.41) is 12.9. The minimum absolute atomic E-state index is 0.0299. The summed E-state index contributed by atoms with van der Waals surface area (Å²) in [6, 6.07) is 7.59. The van der Waals surface area contributed by atoms with Gasteiger partial charge in [-0.3, -0.25) is 9.00 Å². The standard InChI is InChI=1S/C24H31FN4O3S/c25-19-5-3-18(4-6-19)22(28-33(31)32)23-9-16-8-17(10-23)12-24(11-16,15-23)27-14-21(30)29-7-1-2-20(29)13-26/h3-6,16-17,20,22,27-28H,1-2,7-12,14-15H2,(H,31,32)/p-1. The first-order chi connectivity index (χ1) is 15.8. The number of hydrogen-bond acceptors (Lipinski definition) is 5. The molecule has 178 valence electrons. The number of nitrogens with one attached hydrogen (secondary N) is 2. The molecule has 6 rings (SSSR count). The van der Waals surface area contributed by atoms with E-state index in [1.165, 1.54) is 12.1 Å². The highest BCUT2D eigenvalue weighted by Gasteiger charge is 2.60. The van der Waals surface area contributed by atoms with Gasteiger partial charge in [-0.25, -0.2) is 9.11 Å². The average molecular weight is 474 g/mol. The Morgan fingerprint density at radius 3 is 2.61 bits per heavy atom. The fourth-order valence-corrected chi connectivity index (χ4v) is 8.32. The van der Waals surface area contributed by atoms with Crippen molar-refractivity contribution in [3.8, 4) is 6.07 Å². The second kappa shape index (κ2) is 8.73. The van der Waals surface area contributed by atoms with Crippen molar-refractivity contribution in [1.29, 1.82) is 5.26 Å².